The molecule has 146 valence electrons. The van der Waals surface area contributed by atoms with Crippen molar-refractivity contribution in [1.82, 2.24) is 0 Å². The predicted octanol–water partition coefficient (Wildman–Crippen LogP) is 6.12. The Morgan fingerprint density at radius 1 is 0.500 bits per heavy atom. The first-order valence-electron chi connectivity index (χ1n) is 9.87. The molecule has 0 spiro atoms. The summed E-state index contributed by atoms with van der Waals surface area (Å²) in [6, 6.07) is 21.7. The average Bonchev–Trinajstić information content (AvgIpc) is 2.66. The highest BCUT2D eigenvalue weighted by molar-refractivity contribution is 5.53. The molecule has 0 saturated carbocycles. The second-order valence-electron chi connectivity index (χ2n) is 8.97. The standard InChI is InChI=1S/C26H32N2/c1-17-15-21(11-13-23(17)27)25(3,4)19-7-9-20(10-8-19)26(5,6)22-12-14-24(28)18(2)16-22/h7-16H,27-28H2,1-6H3. The molecule has 2 nitrogen and oxygen atoms in total. The summed E-state index contributed by atoms with van der Waals surface area (Å²) in [5, 5.41) is 0. The van der Waals surface area contributed by atoms with E-state index in [0.29, 0.717) is 0 Å². The molecule has 0 unspecified atom stereocenters. The zero-order valence-electron chi connectivity index (χ0n) is 17.9. The first-order chi connectivity index (χ1) is 13.0. The smallest absolute Gasteiger partial charge is 0.0343 e. The molecule has 0 aliphatic carbocycles. The van der Waals surface area contributed by atoms with Gasteiger partial charge in [-0.05, 0) is 59.4 Å². The molecule has 28 heavy (non-hydrogen) atoms. The van der Waals surface area contributed by atoms with Gasteiger partial charge in [0.15, 0.2) is 0 Å². The number of nitrogens with two attached hydrogens (primary N) is 2. The van der Waals surface area contributed by atoms with E-state index in [-0.39, 0.29) is 10.8 Å². The zero-order chi connectivity index (χ0) is 20.7. The molecule has 0 saturated heterocycles. The summed E-state index contributed by atoms with van der Waals surface area (Å²) in [7, 11) is 0. The third-order valence-electron chi connectivity index (χ3n) is 6.31. The van der Waals surface area contributed by atoms with Gasteiger partial charge in [-0.25, -0.2) is 0 Å². The molecule has 0 fully saturated rings. The molecule has 0 radical (unpaired) electrons. The molecule has 3 aromatic rings. The van der Waals surface area contributed by atoms with Gasteiger partial charge in [-0.15, -0.1) is 0 Å². The Labute approximate surface area is 169 Å². The molecule has 0 aliphatic rings. The van der Waals surface area contributed by atoms with Crippen LogP contribution in [-0.4, -0.2) is 0 Å². The Hall–Kier alpha value is -2.74. The van der Waals surface area contributed by atoms with Crippen molar-refractivity contribution in [3.8, 4) is 0 Å². The maximum absolute atomic E-state index is 6.01. The van der Waals surface area contributed by atoms with Crippen molar-refractivity contribution in [2.75, 3.05) is 11.5 Å². The minimum Gasteiger partial charge on any atom is -0.399 e. The first kappa shape index (κ1) is 20.0. The van der Waals surface area contributed by atoms with Gasteiger partial charge in [0.1, 0.15) is 0 Å². The Kier molecular flexibility index (Phi) is 5.01. The lowest BCUT2D eigenvalue weighted by Gasteiger charge is -2.30. The second kappa shape index (κ2) is 7.01. The SMILES string of the molecule is Cc1cc(C(C)(C)c2ccc(C(C)(C)c3ccc(N)c(C)c3)cc2)ccc1N. The number of hydrogen-bond donors (Lipinski definition) is 2. The van der Waals surface area contributed by atoms with Gasteiger partial charge in [-0.2, -0.15) is 0 Å². The van der Waals surface area contributed by atoms with E-state index in [1.54, 1.807) is 0 Å². The van der Waals surface area contributed by atoms with E-state index in [1.807, 2.05) is 12.1 Å². The minimum atomic E-state index is -0.0844. The summed E-state index contributed by atoms with van der Waals surface area (Å²) in [4.78, 5) is 0. The molecule has 3 aromatic carbocycles. The first-order valence-corrected chi connectivity index (χ1v) is 9.87. The van der Waals surface area contributed by atoms with Crippen LogP contribution in [0.2, 0.25) is 0 Å². The third-order valence-corrected chi connectivity index (χ3v) is 6.31. The summed E-state index contributed by atoms with van der Waals surface area (Å²) >= 11 is 0. The van der Waals surface area contributed by atoms with Crippen molar-refractivity contribution in [3.63, 3.8) is 0 Å². The Morgan fingerprint density at radius 2 is 0.786 bits per heavy atom. The zero-order valence-corrected chi connectivity index (χ0v) is 17.9. The average molecular weight is 373 g/mol. The van der Waals surface area contributed by atoms with E-state index in [9.17, 15) is 0 Å². The van der Waals surface area contributed by atoms with Gasteiger partial charge in [-0.1, -0.05) is 76.2 Å². The summed E-state index contributed by atoms with van der Waals surface area (Å²) < 4.78 is 0. The highest BCUT2D eigenvalue weighted by atomic mass is 14.6. The maximum Gasteiger partial charge on any atom is 0.0343 e. The summed E-state index contributed by atoms with van der Waals surface area (Å²) in [6.07, 6.45) is 0. The van der Waals surface area contributed by atoms with Crippen LogP contribution in [0.15, 0.2) is 60.7 Å². The van der Waals surface area contributed by atoms with Gasteiger partial charge < -0.3 is 11.5 Å². The minimum absolute atomic E-state index is 0.0844. The van der Waals surface area contributed by atoms with Crippen LogP contribution in [0.3, 0.4) is 0 Å². The highest BCUT2D eigenvalue weighted by Gasteiger charge is 2.27. The van der Waals surface area contributed by atoms with Gasteiger partial charge in [0, 0.05) is 22.2 Å². The lowest BCUT2D eigenvalue weighted by atomic mass is 9.74. The Bertz CT molecular complexity index is 913. The fraction of sp³-hybridized carbons (Fsp3) is 0.308. The normalized spacial score (nSPS) is 12.2. The van der Waals surface area contributed by atoms with Crippen LogP contribution in [0.25, 0.3) is 0 Å². The van der Waals surface area contributed by atoms with Crippen LogP contribution in [-0.2, 0) is 10.8 Å². The predicted molar refractivity (Wildman–Crippen MR) is 122 cm³/mol. The van der Waals surface area contributed by atoms with Crippen LogP contribution >= 0.6 is 0 Å². The lowest BCUT2D eigenvalue weighted by Crippen LogP contribution is -2.22. The third kappa shape index (κ3) is 3.52. The van der Waals surface area contributed by atoms with Crippen molar-refractivity contribution in [2.24, 2.45) is 0 Å². The van der Waals surface area contributed by atoms with Crippen LogP contribution in [0.1, 0.15) is 61.1 Å². The topological polar surface area (TPSA) is 52.0 Å². The molecule has 0 amide bonds. The molecule has 0 aromatic heterocycles. The molecule has 2 heteroatoms. The van der Waals surface area contributed by atoms with Crippen LogP contribution < -0.4 is 11.5 Å². The molecule has 0 bridgehead atoms. The fourth-order valence-electron chi connectivity index (χ4n) is 3.77. The molecule has 4 N–H and O–H groups in total. The molecule has 0 atom stereocenters. The maximum atomic E-state index is 6.01. The lowest BCUT2D eigenvalue weighted by molar-refractivity contribution is 0.626. The van der Waals surface area contributed by atoms with Crippen LogP contribution in [0, 0.1) is 13.8 Å². The van der Waals surface area contributed by atoms with Crippen LogP contribution in [0.4, 0.5) is 11.4 Å². The number of benzene rings is 3. The van der Waals surface area contributed by atoms with Crippen molar-refractivity contribution >= 4 is 11.4 Å². The largest absolute Gasteiger partial charge is 0.399 e. The number of aryl methyl sites for hydroxylation is 2. The molecule has 3 rings (SSSR count). The van der Waals surface area contributed by atoms with Gasteiger partial charge in [0.05, 0.1) is 0 Å². The summed E-state index contributed by atoms with van der Waals surface area (Å²) in [5.41, 5.74) is 20.9. The van der Waals surface area contributed by atoms with Gasteiger partial charge in [-0.3, -0.25) is 0 Å². The molecular formula is C26H32N2. The van der Waals surface area contributed by atoms with Crippen molar-refractivity contribution in [2.45, 2.75) is 52.4 Å². The second-order valence-corrected chi connectivity index (χ2v) is 8.97. The van der Waals surface area contributed by atoms with E-state index in [2.05, 4.69) is 90.1 Å². The Morgan fingerprint density at radius 3 is 1.07 bits per heavy atom. The number of rotatable bonds is 4. The van der Waals surface area contributed by atoms with Crippen molar-refractivity contribution in [3.05, 3.63) is 94.0 Å². The van der Waals surface area contributed by atoms with Crippen LogP contribution in [0.5, 0.6) is 0 Å². The summed E-state index contributed by atoms with van der Waals surface area (Å²) in [6.45, 7) is 13.2. The van der Waals surface area contributed by atoms with E-state index >= 15 is 0 Å². The number of anilines is 2. The monoisotopic (exact) mass is 372 g/mol. The molecule has 0 heterocycles. The quantitative estimate of drug-likeness (QED) is 0.542. The van der Waals surface area contributed by atoms with E-state index in [1.165, 1.54) is 22.3 Å². The van der Waals surface area contributed by atoms with E-state index in [0.717, 1.165) is 22.5 Å². The Balaban J connectivity index is 1.95. The highest BCUT2D eigenvalue weighted by Crippen LogP contribution is 2.37. The van der Waals surface area contributed by atoms with Crippen molar-refractivity contribution in [1.29, 1.82) is 0 Å². The summed E-state index contributed by atoms with van der Waals surface area (Å²) in [5.74, 6) is 0. The molecular weight excluding hydrogens is 340 g/mol. The number of hydrogen-bond acceptors (Lipinski definition) is 2. The van der Waals surface area contributed by atoms with Gasteiger partial charge in [0.25, 0.3) is 0 Å². The fourth-order valence-corrected chi connectivity index (χ4v) is 3.77. The van der Waals surface area contributed by atoms with Crippen molar-refractivity contribution < 1.29 is 0 Å². The van der Waals surface area contributed by atoms with E-state index in [4.69, 9.17) is 11.5 Å². The number of nitrogen functional groups attached to an aromatic ring is 2. The van der Waals surface area contributed by atoms with E-state index < -0.39 is 0 Å². The molecule has 0 aliphatic heterocycles. The van der Waals surface area contributed by atoms with Gasteiger partial charge >= 0.3 is 0 Å². The van der Waals surface area contributed by atoms with Gasteiger partial charge in [0.2, 0.25) is 0 Å².